The zero-order valence-corrected chi connectivity index (χ0v) is 8.93. The molecule has 0 spiro atoms. The Morgan fingerprint density at radius 3 is 2.94 bits per heavy atom. The summed E-state index contributed by atoms with van der Waals surface area (Å²) in [5.74, 6) is 5.41. The van der Waals surface area contributed by atoms with E-state index >= 15 is 0 Å². The molecule has 0 amide bonds. The highest BCUT2D eigenvalue weighted by Gasteiger charge is 2.11. The third kappa shape index (κ3) is 1.50. The average molecular weight is 223 g/mol. The Morgan fingerprint density at radius 2 is 2.25 bits per heavy atom. The van der Waals surface area contributed by atoms with Crippen molar-refractivity contribution in [3.05, 3.63) is 27.2 Å². The minimum Gasteiger partial charge on any atom is -0.335 e. The molecule has 7 nitrogen and oxygen atoms in total. The van der Waals surface area contributed by atoms with Crippen LogP contribution in [-0.2, 0) is 6.54 Å². The Bertz CT molecular complexity index is 621. The van der Waals surface area contributed by atoms with Crippen molar-refractivity contribution in [2.75, 3.05) is 5.84 Å². The lowest BCUT2D eigenvalue weighted by atomic mass is 10.3. The third-order valence-electron chi connectivity index (χ3n) is 2.45. The van der Waals surface area contributed by atoms with Gasteiger partial charge >= 0.3 is 5.69 Å². The molecule has 2 heterocycles. The van der Waals surface area contributed by atoms with Crippen LogP contribution in [0.25, 0.3) is 11.2 Å². The van der Waals surface area contributed by atoms with Gasteiger partial charge in [0, 0.05) is 6.54 Å². The maximum Gasteiger partial charge on any atom is 0.327 e. The molecule has 2 aromatic heterocycles. The molecule has 0 aliphatic rings. The predicted molar refractivity (Wildman–Crippen MR) is 59.7 cm³/mol. The van der Waals surface area contributed by atoms with E-state index < -0.39 is 5.56 Å². The van der Waals surface area contributed by atoms with E-state index in [4.69, 9.17) is 5.84 Å². The normalized spacial score (nSPS) is 11.1. The fraction of sp³-hybridized carbons (Fsp3) is 0.444. The van der Waals surface area contributed by atoms with E-state index in [1.54, 1.807) is 0 Å². The molecule has 0 atom stereocenters. The summed E-state index contributed by atoms with van der Waals surface area (Å²) in [7, 11) is 0. The molecule has 0 fully saturated rings. The van der Waals surface area contributed by atoms with E-state index in [-0.39, 0.29) is 16.9 Å². The second-order valence-corrected chi connectivity index (χ2v) is 3.59. The number of imidazole rings is 1. The van der Waals surface area contributed by atoms with Crippen molar-refractivity contribution in [1.29, 1.82) is 0 Å². The summed E-state index contributed by atoms with van der Waals surface area (Å²) in [6.07, 6.45) is 2.95. The fourth-order valence-corrected chi connectivity index (χ4v) is 1.59. The van der Waals surface area contributed by atoms with Crippen LogP contribution in [-0.4, -0.2) is 19.2 Å². The van der Waals surface area contributed by atoms with Crippen LogP contribution >= 0.6 is 0 Å². The van der Waals surface area contributed by atoms with Gasteiger partial charge in [-0.2, -0.15) is 0 Å². The number of H-pyrrole nitrogens is 1. The van der Waals surface area contributed by atoms with Crippen molar-refractivity contribution >= 4 is 11.2 Å². The Labute approximate surface area is 90.5 Å². The molecule has 0 aliphatic carbocycles. The number of nitrogens with one attached hydrogen (secondary N) is 1. The van der Waals surface area contributed by atoms with Crippen LogP contribution in [0.2, 0.25) is 0 Å². The summed E-state index contributed by atoms with van der Waals surface area (Å²) < 4.78 is 2.26. The van der Waals surface area contributed by atoms with Gasteiger partial charge in [0.05, 0.1) is 0 Å². The summed E-state index contributed by atoms with van der Waals surface area (Å²) in [6.45, 7) is 2.51. The lowest BCUT2D eigenvalue weighted by Gasteiger charge is -2.01. The van der Waals surface area contributed by atoms with Gasteiger partial charge in [-0.25, -0.2) is 14.5 Å². The molecule has 2 rings (SSSR count). The predicted octanol–water partition coefficient (Wildman–Crippen LogP) is -0.600. The lowest BCUT2D eigenvalue weighted by Crippen LogP contribution is -2.29. The van der Waals surface area contributed by atoms with Crippen molar-refractivity contribution in [1.82, 2.24) is 19.2 Å². The third-order valence-corrected chi connectivity index (χ3v) is 2.45. The number of unbranched alkanes of at least 4 members (excludes halogenated alkanes) is 1. The standard InChI is InChI=1S/C9H13N5O2/c1-2-3-4-13-6-7(12-9(13)16)11-5-14(10)8(6)15/h5H,2-4,10H2,1H3,(H,12,16). The van der Waals surface area contributed by atoms with Gasteiger partial charge in [-0.15, -0.1) is 0 Å². The summed E-state index contributed by atoms with van der Waals surface area (Å²) in [5, 5.41) is 0. The largest absolute Gasteiger partial charge is 0.335 e. The van der Waals surface area contributed by atoms with Crippen molar-refractivity contribution in [2.24, 2.45) is 0 Å². The van der Waals surface area contributed by atoms with Crippen LogP contribution in [0, 0.1) is 0 Å². The Morgan fingerprint density at radius 1 is 1.50 bits per heavy atom. The molecule has 0 unspecified atom stereocenters. The van der Waals surface area contributed by atoms with Crippen molar-refractivity contribution < 1.29 is 0 Å². The van der Waals surface area contributed by atoms with Gasteiger partial charge in [-0.05, 0) is 6.42 Å². The first-order chi connectivity index (χ1) is 7.65. The van der Waals surface area contributed by atoms with Crippen molar-refractivity contribution in [2.45, 2.75) is 26.3 Å². The topological polar surface area (TPSA) is 98.7 Å². The van der Waals surface area contributed by atoms with Gasteiger partial charge in [-0.1, -0.05) is 13.3 Å². The Hall–Kier alpha value is -2.05. The second-order valence-electron chi connectivity index (χ2n) is 3.59. The van der Waals surface area contributed by atoms with Crippen molar-refractivity contribution in [3.63, 3.8) is 0 Å². The Kier molecular flexibility index (Phi) is 2.51. The molecular weight excluding hydrogens is 210 g/mol. The van der Waals surface area contributed by atoms with Gasteiger partial charge in [0.25, 0.3) is 5.56 Å². The molecular formula is C9H13N5O2. The van der Waals surface area contributed by atoms with Crippen molar-refractivity contribution in [3.8, 4) is 0 Å². The van der Waals surface area contributed by atoms with E-state index in [0.717, 1.165) is 17.5 Å². The van der Waals surface area contributed by atoms with Gasteiger partial charge in [0.2, 0.25) is 0 Å². The maximum atomic E-state index is 11.7. The first-order valence-electron chi connectivity index (χ1n) is 5.10. The zero-order valence-electron chi connectivity index (χ0n) is 8.93. The summed E-state index contributed by atoms with van der Waals surface area (Å²) in [5.41, 5.74) is -0.213. The molecule has 16 heavy (non-hydrogen) atoms. The molecule has 7 heteroatoms. The first-order valence-corrected chi connectivity index (χ1v) is 5.10. The SMILES string of the molecule is CCCCn1c(=O)[nH]c2ncn(N)c(=O)c21. The zero-order chi connectivity index (χ0) is 11.7. The Balaban J connectivity index is 2.72. The fourth-order valence-electron chi connectivity index (χ4n) is 1.59. The van der Waals surface area contributed by atoms with Crippen LogP contribution < -0.4 is 17.1 Å². The highest BCUT2D eigenvalue weighted by molar-refractivity contribution is 5.68. The van der Waals surface area contributed by atoms with Gasteiger partial charge in [0.1, 0.15) is 6.33 Å². The quantitative estimate of drug-likeness (QED) is 0.679. The van der Waals surface area contributed by atoms with Gasteiger partial charge in [-0.3, -0.25) is 14.3 Å². The molecule has 0 aliphatic heterocycles. The molecule has 0 saturated carbocycles. The first kappa shape index (κ1) is 10.5. The average Bonchev–Trinajstić information content (AvgIpc) is 2.58. The molecule has 86 valence electrons. The highest BCUT2D eigenvalue weighted by atomic mass is 16.2. The number of rotatable bonds is 3. The number of hydrogen-bond acceptors (Lipinski definition) is 4. The minimum absolute atomic E-state index is 0.239. The van der Waals surface area contributed by atoms with E-state index in [2.05, 4.69) is 9.97 Å². The number of aromatic nitrogens is 4. The van der Waals surface area contributed by atoms with Crippen LogP contribution in [0.15, 0.2) is 15.9 Å². The number of fused-ring (bicyclic) bond motifs is 1. The second kappa shape index (κ2) is 3.84. The van der Waals surface area contributed by atoms with E-state index in [0.29, 0.717) is 6.54 Å². The summed E-state index contributed by atoms with van der Waals surface area (Å²) in [6, 6.07) is 0. The molecule has 3 N–H and O–H groups in total. The molecule has 0 aromatic carbocycles. The number of aromatic amines is 1. The molecule has 0 radical (unpaired) electrons. The van der Waals surface area contributed by atoms with Gasteiger partial charge < -0.3 is 5.84 Å². The lowest BCUT2D eigenvalue weighted by molar-refractivity contribution is 0.626. The maximum absolute atomic E-state index is 11.7. The van der Waals surface area contributed by atoms with Crippen LogP contribution in [0.1, 0.15) is 19.8 Å². The molecule has 2 aromatic rings. The smallest absolute Gasteiger partial charge is 0.327 e. The van der Waals surface area contributed by atoms with Crippen LogP contribution in [0.5, 0.6) is 0 Å². The minimum atomic E-state index is -0.417. The van der Waals surface area contributed by atoms with Crippen LogP contribution in [0.4, 0.5) is 0 Å². The highest BCUT2D eigenvalue weighted by Crippen LogP contribution is 2.01. The number of nitrogens with two attached hydrogens (primary N) is 1. The molecule has 0 bridgehead atoms. The summed E-state index contributed by atoms with van der Waals surface area (Å²) >= 11 is 0. The number of nitrogens with zero attached hydrogens (tertiary/aromatic N) is 3. The summed E-state index contributed by atoms with van der Waals surface area (Å²) in [4.78, 5) is 29.8. The monoisotopic (exact) mass is 223 g/mol. The number of aryl methyl sites for hydroxylation is 1. The number of nitrogen functional groups attached to an aromatic ring is 1. The molecule has 0 saturated heterocycles. The van der Waals surface area contributed by atoms with Gasteiger partial charge in [0.15, 0.2) is 11.2 Å². The van der Waals surface area contributed by atoms with Crippen LogP contribution in [0.3, 0.4) is 0 Å². The van der Waals surface area contributed by atoms with E-state index in [1.807, 2.05) is 6.92 Å². The van der Waals surface area contributed by atoms with E-state index in [1.165, 1.54) is 10.9 Å². The van der Waals surface area contributed by atoms with E-state index in [9.17, 15) is 9.59 Å². The number of hydrogen-bond donors (Lipinski definition) is 2.